The molecule has 1 fully saturated rings. The molecule has 0 spiro atoms. The summed E-state index contributed by atoms with van der Waals surface area (Å²) in [6.45, 7) is 10.5. The fraction of sp³-hybridized carbons (Fsp3) is 0.562. The van der Waals surface area contributed by atoms with E-state index in [2.05, 4.69) is 36.2 Å². The lowest BCUT2D eigenvalue weighted by Gasteiger charge is -2.34. The largest absolute Gasteiger partial charge is 0.333 e. The minimum Gasteiger partial charge on any atom is -0.333 e. The van der Waals surface area contributed by atoms with Crippen molar-refractivity contribution in [3.8, 4) is 0 Å². The molecule has 2 aromatic heterocycles. The minimum absolute atomic E-state index is 0. The Labute approximate surface area is 154 Å². The number of nitrogens with zero attached hydrogens (tertiary/aromatic N) is 4. The van der Waals surface area contributed by atoms with Crippen molar-refractivity contribution >= 4 is 41.8 Å². The highest BCUT2D eigenvalue weighted by molar-refractivity contribution is 5.98. The monoisotopic (exact) mass is 373 g/mol. The smallest absolute Gasteiger partial charge is 0.256 e. The van der Waals surface area contributed by atoms with Gasteiger partial charge in [-0.2, -0.15) is 5.10 Å². The van der Waals surface area contributed by atoms with Crippen LogP contribution in [0.25, 0.3) is 11.0 Å². The molecule has 2 aromatic rings. The van der Waals surface area contributed by atoms with Crippen molar-refractivity contribution in [1.82, 2.24) is 25.0 Å². The van der Waals surface area contributed by atoms with Gasteiger partial charge in [0, 0.05) is 37.1 Å². The van der Waals surface area contributed by atoms with Crippen molar-refractivity contribution in [2.75, 3.05) is 19.6 Å². The number of aromatic nitrogens is 3. The van der Waals surface area contributed by atoms with Gasteiger partial charge in [0.1, 0.15) is 0 Å². The van der Waals surface area contributed by atoms with Crippen LogP contribution in [0.1, 0.15) is 42.9 Å². The number of fused-ring (bicyclic) bond motifs is 1. The number of hydrogen-bond donors (Lipinski definition) is 1. The van der Waals surface area contributed by atoms with Crippen molar-refractivity contribution in [3.05, 3.63) is 23.5 Å². The van der Waals surface area contributed by atoms with Gasteiger partial charge < -0.3 is 10.2 Å². The first-order chi connectivity index (χ1) is 10.5. The molecule has 8 heteroatoms. The summed E-state index contributed by atoms with van der Waals surface area (Å²) in [6, 6.07) is 2.38. The second kappa shape index (κ2) is 8.14. The zero-order chi connectivity index (χ0) is 15.9. The van der Waals surface area contributed by atoms with E-state index in [9.17, 15) is 4.79 Å². The fourth-order valence-corrected chi connectivity index (χ4v) is 2.96. The molecule has 6 nitrogen and oxygen atoms in total. The topological polar surface area (TPSA) is 63.1 Å². The van der Waals surface area contributed by atoms with E-state index in [0.717, 1.165) is 36.4 Å². The third-order valence-corrected chi connectivity index (χ3v) is 4.24. The summed E-state index contributed by atoms with van der Waals surface area (Å²) in [7, 11) is 0. The lowest BCUT2D eigenvalue weighted by atomic mass is 10.1. The van der Waals surface area contributed by atoms with Crippen molar-refractivity contribution in [2.24, 2.45) is 0 Å². The Hall–Kier alpha value is -1.37. The Balaban J connectivity index is 0.00000144. The van der Waals surface area contributed by atoms with Crippen LogP contribution in [0.2, 0.25) is 0 Å². The summed E-state index contributed by atoms with van der Waals surface area (Å²) in [5.74, 6) is 0.0678. The predicted octanol–water partition coefficient (Wildman–Crippen LogP) is 2.60. The van der Waals surface area contributed by atoms with Crippen LogP contribution in [-0.2, 0) is 0 Å². The quantitative estimate of drug-likeness (QED) is 0.878. The van der Waals surface area contributed by atoms with Crippen LogP contribution < -0.4 is 5.32 Å². The first-order valence-corrected chi connectivity index (χ1v) is 7.85. The Kier molecular flexibility index (Phi) is 7.01. The summed E-state index contributed by atoms with van der Waals surface area (Å²) >= 11 is 0. The van der Waals surface area contributed by atoms with E-state index in [1.165, 1.54) is 0 Å². The summed E-state index contributed by atoms with van der Waals surface area (Å²) in [4.78, 5) is 19.4. The van der Waals surface area contributed by atoms with Crippen LogP contribution >= 0.6 is 24.8 Å². The number of piperazine rings is 1. The van der Waals surface area contributed by atoms with E-state index >= 15 is 0 Å². The van der Waals surface area contributed by atoms with Crippen LogP contribution in [0.4, 0.5) is 0 Å². The van der Waals surface area contributed by atoms with Gasteiger partial charge in [-0.05, 0) is 33.8 Å². The highest BCUT2D eigenvalue weighted by Gasteiger charge is 2.26. The molecular formula is C16H25Cl2N5O. The molecule has 1 saturated heterocycles. The van der Waals surface area contributed by atoms with Crippen LogP contribution in [0.3, 0.4) is 0 Å². The Morgan fingerprint density at radius 2 is 2.08 bits per heavy atom. The minimum atomic E-state index is 0. The van der Waals surface area contributed by atoms with Gasteiger partial charge in [0.2, 0.25) is 0 Å². The zero-order valence-corrected chi connectivity index (χ0v) is 16.1. The number of rotatable bonds is 2. The van der Waals surface area contributed by atoms with E-state index in [1.807, 2.05) is 22.6 Å². The number of pyridine rings is 1. The molecule has 1 N–H and O–H groups in total. The maximum atomic E-state index is 12.8. The molecule has 0 aromatic carbocycles. The van der Waals surface area contributed by atoms with Crippen molar-refractivity contribution in [3.63, 3.8) is 0 Å². The van der Waals surface area contributed by atoms with Gasteiger partial charge in [0.15, 0.2) is 5.65 Å². The number of carbonyl (C=O) groups is 1. The maximum absolute atomic E-state index is 12.8. The summed E-state index contributed by atoms with van der Waals surface area (Å²) in [5.41, 5.74) is 2.30. The van der Waals surface area contributed by atoms with Gasteiger partial charge in [0.05, 0.1) is 17.5 Å². The lowest BCUT2D eigenvalue weighted by Crippen LogP contribution is -2.52. The van der Waals surface area contributed by atoms with Gasteiger partial charge in [-0.1, -0.05) is 0 Å². The van der Waals surface area contributed by atoms with E-state index in [4.69, 9.17) is 0 Å². The number of halogens is 2. The first kappa shape index (κ1) is 20.7. The second-order valence-electron chi connectivity index (χ2n) is 6.27. The molecule has 1 atom stereocenters. The zero-order valence-electron chi connectivity index (χ0n) is 14.4. The lowest BCUT2D eigenvalue weighted by molar-refractivity contribution is 0.0654. The molecule has 1 aliphatic rings. The molecular weight excluding hydrogens is 349 g/mol. The summed E-state index contributed by atoms with van der Waals surface area (Å²) < 4.78 is 1.89. The molecule has 1 amide bonds. The SMILES string of the molecule is Cc1nc2c(cnn2C(C)C)cc1C(=O)N1CCNCC1C.Cl.Cl. The van der Waals surface area contributed by atoms with E-state index in [1.54, 1.807) is 6.20 Å². The molecule has 24 heavy (non-hydrogen) atoms. The summed E-state index contributed by atoms with van der Waals surface area (Å²) in [5, 5.41) is 8.61. The molecule has 0 bridgehead atoms. The van der Waals surface area contributed by atoms with Crippen LogP contribution in [0, 0.1) is 6.92 Å². The maximum Gasteiger partial charge on any atom is 0.256 e. The number of carbonyl (C=O) groups excluding carboxylic acids is 1. The second-order valence-corrected chi connectivity index (χ2v) is 6.27. The normalized spacial score (nSPS) is 17.5. The Morgan fingerprint density at radius 1 is 1.38 bits per heavy atom. The molecule has 1 unspecified atom stereocenters. The first-order valence-electron chi connectivity index (χ1n) is 7.85. The standard InChI is InChI=1S/C16H23N5O.2ClH/c1-10(2)21-15-13(9-18-21)7-14(12(4)19-15)16(22)20-6-5-17-8-11(20)3;;/h7,9-11,17H,5-6,8H2,1-4H3;2*1H. The summed E-state index contributed by atoms with van der Waals surface area (Å²) in [6.07, 6.45) is 1.79. The third kappa shape index (κ3) is 3.66. The number of hydrogen-bond acceptors (Lipinski definition) is 4. The van der Waals surface area contributed by atoms with Crippen LogP contribution in [0.5, 0.6) is 0 Å². The van der Waals surface area contributed by atoms with Gasteiger partial charge >= 0.3 is 0 Å². The van der Waals surface area contributed by atoms with Crippen molar-refractivity contribution < 1.29 is 4.79 Å². The molecule has 1 aliphatic heterocycles. The van der Waals surface area contributed by atoms with E-state index in [-0.39, 0.29) is 42.8 Å². The molecule has 134 valence electrons. The predicted molar refractivity (Wildman–Crippen MR) is 101 cm³/mol. The Bertz CT molecular complexity index is 716. The van der Waals surface area contributed by atoms with Crippen molar-refractivity contribution in [1.29, 1.82) is 0 Å². The highest BCUT2D eigenvalue weighted by atomic mass is 35.5. The third-order valence-electron chi connectivity index (χ3n) is 4.24. The molecule has 0 aliphatic carbocycles. The average Bonchev–Trinajstić information content (AvgIpc) is 2.89. The molecule has 3 heterocycles. The van der Waals surface area contributed by atoms with Gasteiger partial charge in [0.25, 0.3) is 5.91 Å². The van der Waals surface area contributed by atoms with Gasteiger partial charge in [-0.25, -0.2) is 9.67 Å². The van der Waals surface area contributed by atoms with E-state index in [0.29, 0.717) is 5.56 Å². The molecule has 0 radical (unpaired) electrons. The van der Waals surface area contributed by atoms with E-state index < -0.39 is 0 Å². The molecule has 0 saturated carbocycles. The number of aryl methyl sites for hydroxylation is 1. The highest BCUT2D eigenvalue weighted by Crippen LogP contribution is 2.21. The van der Waals surface area contributed by atoms with Crippen LogP contribution in [0.15, 0.2) is 12.3 Å². The molecule has 3 rings (SSSR count). The van der Waals surface area contributed by atoms with Gasteiger partial charge in [-0.15, -0.1) is 24.8 Å². The number of nitrogens with one attached hydrogen (secondary N) is 1. The fourth-order valence-electron chi connectivity index (χ4n) is 2.96. The average molecular weight is 374 g/mol. The van der Waals surface area contributed by atoms with Gasteiger partial charge in [-0.3, -0.25) is 4.79 Å². The Morgan fingerprint density at radius 3 is 2.71 bits per heavy atom. The van der Waals surface area contributed by atoms with Crippen LogP contribution in [-0.4, -0.2) is 51.2 Å². The van der Waals surface area contributed by atoms with Crippen molar-refractivity contribution in [2.45, 2.75) is 39.8 Å². The number of amides is 1.